The summed E-state index contributed by atoms with van der Waals surface area (Å²) < 4.78 is 60.8. The fourth-order valence-corrected chi connectivity index (χ4v) is 5.34. The Bertz CT molecular complexity index is 1130. The molecule has 0 fully saturated rings. The molecule has 0 spiro atoms. The third-order valence-electron chi connectivity index (χ3n) is 4.05. The fourth-order valence-electron chi connectivity index (χ4n) is 2.57. The van der Waals surface area contributed by atoms with Crippen molar-refractivity contribution >= 4 is 37.3 Å². The Morgan fingerprint density at radius 1 is 1.07 bits per heavy atom. The number of sulfonamides is 2. The number of carbonyl (C=O) groups excluding carboxylic acids is 1. The van der Waals surface area contributed by atoms with Gasteiger partial charge in [0.1, 0.15) is 4.21 Å². The van der Waals surface area contributed by atoms with Gasteiger partial charge in [-0.3, -0.25) is 4.79 Å². The zero-order valence-electron chi connectivity index (χ0n) is 15.8. The lowest BCUT2D eigenvalue weighted by molar-refractivity contribution is -0.121. The van der Waals surface area contributed by atoms with Crippen molar-refractivity contribution in [3.05, 3.63) is 35.2 Å². The van der Waals surface area contributed by atoms with Crippen LogP contribution >= 0.6 is 11.3 Å². The zero-order chi connectivity index (χ0) is 21.8. The van der Waals surface area contributed by atoms with E-state index in [1.54, 1.807) is 12.1 Å². The van der Waals surface area contributed by atoms with Crippen molar-refractivity contribution in [3.63, 3.8) is 0 Å². The Kier molecular flexibility index (Phi) is 6.98. The zero-order valence-corrected chi connectivity index (χ0v) is 18.2. The van der Waals surface area contributed by atoms with Crippen LogP contribution in [0.25, 0.3) is 0 Å². The highest BCUT2D eigenvalue weighted by Crippen LogP contribution is 2.31. The third kappa shape index (κ3) is 5.92. The first-order valence-corrected chi connectivity index (χ1v) is 12.8. The second-order valence-electron chi connectivity index (χ2n) is 6.35. The Labute approximate surface area is 178 Å². The second kappa shape index (κ2) is 9.31. The summed E-state index contributed by atoms with van der Waals surface area (Å²) in [5.41, 5.74) is 0. The van der Waals surface area contributed by atoms with Crippen LogP contribution < -0.4 is 24.7 Å². The normalized spacial score (nSPS) is 14.2. The maximum absolute atomic E-state index is 12.5. The number of nitrogens with two attached hydrogens (primary N) is 1. The molecule has 10 nitrogen and oxygen atoms in total. The van der Waals surface area contributed by atoms with Crippen LogP contribution in [0.5, 0.6) is 11.5 Å². The lowest BCUT2D eigenvalue weighted by atomic mass is 10.3. The van der Waals surface area contributed by atoms with Gasteiger partial charge in [0, 0.05) is 30.3 Å². The summed E-state index contributed by atoms with van der Waals surface area (Å²) in [6.45, 7) is 0.956. The van der Waals surface area contributed by atoms with E-state index in [9.17, 15) is 21.6 Å². The van der Waals surface area contributed by atoms with E-state index in [1.165, 1.54) is 18.2 Å². The first kappa shape index (κ1) is 22.5. The maximum atomic E-state index is 12.5. The minimum atomic E-state index is -3.83. The molecule has 3 rings (SSSR count). The number of amides is 1. The third-order valence-corrected chi connectivity index (χ3v) is 8.03. The average molecular weight is 476 g/mol. The van der Waals surface area contributed by atoms with Crippen molar-refractivity contribution in [2.24, 2.45) is 5.14 Å². The van der Waals surface area contributed by atoms with E-state index in [4.69, 9.17) is 14.6 Å². The van der Waals surface area contributed by atoms with E-state index in [2.05, 4.69) is 10.0 Å². The van der Waals surface area contributed by atoms with E-state index in [-0.39, 0.29) is 34.5 Å². The molecule has 1 aliphatic rings. The second-order valence-corrected chi connectivity index (χ2v) is 11.1. The number of hydrogen-bond acceptors (Lipinski definition) is 8. The average Bonchev–Trinajstić information content (AvgIpc) is 3.04. The SMILES string of the molecule is NS(=O)(=O)c1ccc(CNC(=O)CCNS(=O)(=O)c2ccc3c(c2)OCCCO3)s1. The number of hydrogen-bond donors (Lipinski definition) is 3. The van der Waals surface area contributed by atoms with Gasteiger partial charge < -0.3 is 14.8 Å². The Hall–Kier alpha value is -2.19. The minimum absolute atomic E-state index is 0.00893. The number of fused-ring (bicyclic) bond motifs is 1. The molecule has 1 aromatic carbocycles. The molecule has 0 saturated heterocycles. The van der Waals surface area contributed by atoms with Gasteiger partial charge in [-0.05, 0) is 24.3 Å². The molecular weight excluding hydrogens is 454 g/mol. The largest absolute Gasteiger partial charge is 0.490 e. The Balaban J connectivity index is 1.50. The standard InChI is InChI=1S/C17H21N3O7S3/c18-29(22,23)17-5-2-12(28-17)11-19-16(21)6-7-20-30(24,25)13-3-4-14-15(10-13)27-9-1-8-26-14/h2-5,10,20H,1,6-9,11H2,(H,19,21)(H2,18,22,23). The number of ether oxygens (including phenoxy) is 2. The van der Waals surface area contributed by atoms with E-state index >= 15 is 0 Å². The van der Waals surface area contributed by atoms with Crippen molar-refractivity contribution in [1.29, 1.82) is 0 Å². The van der Waals surface area contributed by atoms with Crippen molar-refractivity contribution in [2.45, 2.75) is 28.5 Å². The van der Waals surface area contributed by atoms with Crippen LogP contribution in [0.2, 0.25) is 0 Å². The molecule has 0 atom stereocenters. The van der Waals surface area contributed by atoms with Gasteiger partial charge in [-0.2, -0.15) is 0 Å². The van der Waals surface area contributed by atoms with E-state index in [1.807, 2.05) is 0 Å². The van der Waals surface area contributed by atoms with Crippen LogP contribution in [0.15, 0.2) is 39.4 Å². The molecule has 2 heterocycles. The molecule has 164 valence electrons. The smallest absolute Gasteiger partial charge is 0.247 e. The predicted molar refractivity (Wildman–Crippen MR) is 109 cm³/mol. The van der Waals surface area contributed by atoms with Gasteiger partial charge in [-0.25, -0.2) is 26.7 Å². The monoisotopic (exact) mass is 475 g/mol. The van der Waals surface area contributed by atoms with Crippen molar-refractivity contribution in [3.8, 4) is 11.5 Å². The predicted octanol–water partition coefficient (Wildman–Crippen LogP) is 0.542. The van der Waals surface area contributed by atoms with Crippen molar-refractivity contribution in [2.75, 3.05) is 19.8 Å². The molecule has 1 aromatic heterocycles. The molecule has 1 amide bonds. The van der Waals surface area contributed by atoms with Gasteiger partial charge in [-0.15, -0.1) is 11.3 Å². The molecule has 2 aromatic rings. The lowest BCUT2D eigenvalue weighted by Gasteiger charge is -2.11. The number of thiophene rings is 1. The van der Waals surface area contributed by atoms with Crippen LogP contribution in [0.1, 0.15) is 17.7 Å². The van der Waals surface area contributed by atoms with E-state index in [0.717, 1.165) is 11.3 Å². The van der Waals surface area contributed by atoms with Crippen LogP contribution in [-0.4, -0.2) is 42.5 Å². The Morgan fingerprint density at radius 3 is 2.50 bits per heavy atom. The highest BCUT2D eigenvalue weighted by Gasteiger charge is 2.19. The van der Waals surface area contributed by atoms with Gasteiger partial charge in [-0.1, -0.05) is 0 Å². The molecule has 0 bridgehead atoms. The van der Waals surface area contributed by atoms with Crippen molar-refractivity contribution in [1.82, 2.24) is 10.0 Å². The highest BCUT2D eigenvalue weighted by molar-refractivity contribution is 7.91. The summed E-state index contributed by atoms with van der Waals surface area (Å²) in [5.74, 6) is 0.467. The van der Waals surface area contributed by atoms with E-state index < -0.39 is 20.0 Å². The molecule has 1 aliphatic heterocycles. The molecule has 0 radical (unpaired) electrons. The fraction of sp³-hybridized carbons (Fsp3) is 0.353. The topological polar surface area (TPSA) is 154 Å². The molecule has 0 saturated carbocycles. The van der Waals surface area contributed by atoms with Crippen LogP contribution in [-0.2, 0) is 31.4 Å². The quantitative estimate of drug-likeness (QED) is 0.503. The number of nitrogens with one attached hydrogen (secondary N) is 2. The van der Waals surface area contributed by atoms with E-state index in [0.29, 0.717) is 36.0 Å². The highest BCUT2D eigenvalue weighted by atomic mass is 32.2. The van der Waals surface area contributed by atoms with Crippen LogP contribution in [0, 0.1) is 0 Å². The minimum Gasteiger partial charge on any atom is -0.490 e. The van der Waals surface area contributed by atoms with Gasteiger partial charge >= 0.3 is 0 Å². The van der Waals surface area contributed by atoms with Crippen LogP contribution in [0.3, 0.4) is 0 Å². The summed E-state index contributed by atoms with van der Waals surface area (Å²) in [7, 11) is -7.60. The molecule has 4 N–H and O–H groups in total. The summed E-state index contributed by atoms with van der Waals surface area (Å²) >= 11 is 0.959. The molecule has 30 heavy (non-hydrogen) atoms. The van der Waals surface area contributed by atoms with Crippen molar-refractivity contribution < 1.29 is 31.1 Å². The number of rotatable bonds is 8. The maximum Gasteiger partial charge on any atom is 0.247 e. The number of carbonyl (C=O) groups is 1. The molecule has 0 aliphatic carbocycles. The van der Waals surface area contributed by atoms with Gasteiger partial charge in [0.25, 0.3) is 0 Å². The molecule has 0 unspecified atom stereocenters. The first-order chi connectivity index (χ1) is 14.1. The van der Waals surface area contributed by atoms with Gasteiger partial charge in [0.05, 0.1) is 24.7 Å². The summed E-state index contributed by atoms with van der Waals surface area (Å²) in [6.07, 6.45) is 0.621. The number of benzene rings is 1. The van der Waals surface area contributed by atoms with Gasteiger partial charge in [0.2, 0.25) is 26.0 Å². The Morgan fingerprint density at radius 2 is 1.80 bits per heavy atom. The summed E-state index contributed by atoms with van der Waals surface area (Å²) in [5, 5.41) is 7.64. The summed E-state index contributed by atoms with van der Waals surface area (Å²) in [4.78, 5) is 12.6. The van der Waals surface area contributed by atoms with Crippen LogP contribution in [0.4, 0.5) is 0 Å². The molecular formula is C17H21N3O7S3. The lowest BCUT2D eigenvalue weighted by Crippen LogP contribution is -2.30. The summed E-state index contributed by atoms with van der Waals surface area (Å²) in [6, 6.07) is 7.26. The van der Waals surface area contributed by atoms with Gasteiger partial charge in [0.15, 0.2) is 11.5 Å². The molecule has 13 heteroatoms. The number of primary sulfonamides is 1. The first-order valence-electron chi connectivity index (χ1n) is 8.93.